The van der Waals surface area contributed by atoms with Crippen LogP contribution in [0.5, 0.6) is 11.5 Å². The predicted octanol–water partition coefficient (Wildman–Crippen LogP) is 4.34. The van der Waals surface area contributed by atoms with Crippen LogP contribution in [0, 0.1) is 10.1 Å². The van der Waals surface area contributed by atoms with Gasteiger partial charge in [-0.05, 0) is 60.7 Å². The Balaban J connectivity index is 2.06. The summed E-state index contributed by atoms with van der Waals surface area (Å²) in [5, 5.41) is 16.0. The van der Waals surface area contributed by atoms with E-state index in [9.17, 15) is 23.3 Å². The number of ether oxygens (including phenoxy) is 2. The van der Waals surface area contributed by atoms with Crippen molar-refractivity contribution in [2.75, 3.05) is 32.7 Å². The average molecular weight is 541 g/mol. The average Bonchev–Trinajstić information content (AvgIpc) is 2.93. The number of nitro benzene ring substituents is 1. The van der Waals surface area contributed by atoms with Gasteiger partial charge < -0.3 is 9.47 Å². The Hall–Kier alpha value is -4.29. The first-order chi connectivity index (χ1) is 18.2. The molecular weight excluding hydrogens is 512 g/mol. The maximum atomic E-state index is 13.4. The van der Waals surface area contributed by atoms with Gasteiger partial charge in [-0.1, -0.05) is 13.8 Å². The number of hydrogen-bond donors (Lipinski definition) is 1. The van der Waals surface area contributed by atoms with E-state index in [2.05, 4.69) is 10.5 Å². The van der Waals surface area contributed by atoms with Crippen LogP contribution in [0.15, 0.2) is 76.7 Å². The highest BCUT2D eigenvalue weighted by molar-refractivity contribution is 7.89. The third-order valence-electron chi connectivity index (χ3n) is 5.73. The highest BCUT2D eigenvalue weighted by Crippen LogP contribution is 2.29. The number of carbonyl (C=O) groups is 1. The molecule has 0 heterocycles. The van der Waals surface area contributed by atoms with Gasteiger partial charge >= 0.3 is 0 Å². The monoisotopic (exact) mass is 540 g/mol. The third-order valence-corrected chi connectivity index (χ3v) is 7.77. The second-order valence-corrected chi connectivity index (χ2v) is 9.82. The summed E-state index contributed by atoms with van der Waals surface area (Å²) in [6, 6.07) is 16.5. The fraction of sp³-hybridized carbons (Fsp3) is 0.231. The standard InChI is InChI=1S/C26H28N4O7S/c1-5-29(6-2)38(34,35)22-15-16-23(24(17-22)30(32)33)27-28-25(18-7-11-20(36-3)12-8-18)26(31)19-9-13-21(37-4)14-10-19/h7-17,27H,5-6H2,1-4H3/b28-25+. The van der Waals surface area contributed by atoms with E-state index >= 15 is 0 Å². The Labute approximate surface area is 220 Å². The van der Waals surface area contributed by atoms with E-state index in [0.717, 1.165) is 6.07 Å². The lowest BCUT2D eigenvalue weighted by Crippen LogP contribution is -2.30. The number of Topliss-reactive ketones (excluding diaryl/α,β-unsaturated/α-hetero) is 1. The maximum Gasteiger partial charge on any atom is 0.295 e. The van der Waals surface area contributed by atoms with Crippen LogP contribution >= 0.6 is 0 Å². The van der Waals surface area contributed by atoms with Crippen molar-refractivity contribution < 1.29 is 27.6 Å². The van der Waals surface area contributed by atoms with Crippen molar-refractivity contribution in [2.45, 2.75) is 18.7 Å². The van der Waals surface area contributed by atoms with Gasteiger partial charge in [0.25, 0.3) is 5.69 Å². The Morgan fingerprint density at radius 3 is 1.92 bits per heavy atom. The first-order valence-corrected chi connectivity index (χ1v) is 13.1. The highest BCUT2D eigenvalue weighted by atomic mass is 32.2. The highest BCUT2D eigenvalue weighted by Gasteiger charge is 2.26. The van der Waals surface area contributed by atoms with Crippen LogP contribution < -0.4 is 14.9 Å². The van der Waals surface area contributed by atoms with Crippen molar-refractivity contribution in [3.63, 3.8) is 0 Å². The molecule has 0 saturated carbocycles. The van der Waals surface area contributed by atoms with E-state index in [1.807, 2.05) is 0 Å². The molecule has 0 saturated heterocycles. The molecule has 0 aromatic heterocycles. The molecule has 200 valence electrons. The number of nitrogens with one attached hydrogen (secondary N) is 1. The van der Waals surface area contributed by atoms with Gasteiger partial charge in [-0.15, -0.1) is 0 Å². The van der Waals surface area contributed by atoms with Gasteiger partial charge in [0, 0.05) is 30.3 Å². The minimum absolute atomic E-state index is 0.0213. The maximum absolute atomic E-state index is 13.4. The van der Waals surface area contributed by atoms with Crippen LogP contribution in [0.4, 0.5) is 11.4 Å². The number of methoxy groups -OCH3 is 2. The number of anilines is 1. The molecule has 0 aliphatic rings. The predicted molar refractivity (Wildman–Crippen MR) is 144 cm³/mol. The van der Waals surface area contributed by atoms with E-state index in [0.29, 0.717) is 22.6 Å². The summed E-state index contributed by atoms with van der Waals surface area (Å²) in [6.07, 6.45) is 0. The molecule has 0 bridgehead atoms. The smallest absolute Gasteiger partial charge is 0.295 e. The fourth-order valence-electron chi connectivity index (χ4n) is 3.62. The first kappa shape index (κ1) is 28.3. The SMILES string of the molecule is CCN(CC)S(=O)(=O)c1ccc(N/N=C(/C(=O)c2ccc(OC)cc2)c2ccc(OC)cc2)c([N+](=O)[O-])c1. The lowest BCUT2D eigenvalue weighted by atomic mass is 10.0. The zero-order valence-corrected chi connectivity index (χ0v) is 22.2. The number of hydrogen-bond acceptors (Lipinski definition) is 9. The second-order valence-electron chi connectivity index (χ2n) is 7.88. The van der Waals surface area contributed by atoms with Crippen LogP contribution in [0.25, 0.3) is 0 Å². The van der Waals surface area contributed by atoms with Gasteiger partial charge in [0.05, 0.1) is 24.0 Å². The lowest BCUT2D eigenvalue weighted by Gasteiger charge is -2.18. The molecule has 1 N–H and O–H groups in total. The Morgan fingerprint density at radius 2 is 1.45 bits per heavy atom. The van der Waals surface area contributed by atoms with Crippen LogP contribution in [0.1, 0.15) is 29.8 Å². The minimum atomic E-state index is -3.92. The summed E-state index contributed by atoms with van der Waals surface area (Å²) in [7, 11) is -0.899. The zero-order chi connectivity index (χ0) is 27.9. The molecule has 0 aliphatic carbocycles. The van der Waals surface area contributed by atoms with Gasteiger partial charge in [-0.2, -0.15) is 9.41 Å². The number of rotatable bonds is 12. The molecule has 0 unspecified atom stereocenters. The van der Waals surface area contributed by atoms with Crippen molar-refractivity contribution >= 4 is 32.9 Å². The van der Waals surface area contributed by atoms with Gasteiger partial charge in [-0.25, -0.2) is 8.42 Å². The molecule has 0 fully saturated rings. The van der Waals surface area contributed by atoms with Gasteiger partial charge in [0.15, 0.2) is 0 Å². The zero-order valence-electron chi connectivity index (χ0n) is 21.4. The third kappa shape index (κ3) is 6.15. The van der Waals surface area contributed by atoms with Crippen LogP contribution in [0.2, 0.25) is 0 Å². The number of nitro groups is 1. The van der Waals surface area contributed by atoms with E-state index in [1.165, 1.54) is 30.7 Å². The van der Waals surface area contributed by atoms with Crippen molar-refractivity contribution in [3.05, 3.63) is 88.0 Å². The topological polar surface area (TPSA) is 140 Å². The molecule has 3 aromatic rings. The molecule has 38 heavy (non-hydrogen) atoms. The summed E-state index contributed by atoms with van der Waals surface area (Å²) >= 11 is 0. The minimum Gasteiger partial charge on any atom is -0.497 e. The summed E-state index contributed by atoms with van der Waals surface area (Å²) < 4.78 is 37.3. The number of nitrogens with zero attached hydrogens (tertiary/aromatic N) is 3. The Kier molecular flexibility index (Phi) is 9.16. The second kappa shape index (κ2) is 12.3. The van der Waals surface area contributed by atoms with Crippen molar-refractivity contribution in [1.29, 1.82) is 0 Å². The van der Waals surface area contributed by atoms with E-state index in [4.69, 9.17) is 9.47 Å². The molecule has 12 heteroatoms. The van der Waals surface area contributed by atoms with Gasteiger partial charge in [0.1, 0.15) is 22.9 Å². The molecule has 3 aromatic carbocycles. The molecule has 0 radical (unpaired) electrons. The number of ketones is 1. The summed E-state index contributed by atoms with van der Waals surface area (Å²) in [5.41, 5.74) is 2.73. The molecule has 11 nitrogen and oxygen atoms in total. The van der Waals surface area contributed by atoms with Crippen molar-refractivity contribution in [1.82, 2.24) is 4.31 Å². The molecular formula is C26H28N4O7S. The largest absolute Gasteiger partial charge is 0.497 e. The summed E-state index contributed by atoms with van der Waals surface area (Å²) in [5.74, 6) is 0.685. The summed E-state index contributed by atoms with van der Waals surface area (Å²) in [6.45, 7) is 3.80. The molecule has 3 rings (SSSR count). The van der Waals surface area contributed by atoms with Crippen LogP contribution in [-0.2, 0) is 10.0 Å². The molecule has 0 amide bonds. The normalized spacial score (nSPS) is 11.8. The van der Waals surface area contributed by atoms with Crippen molar-refractivity contribution in [3.8, 4) is 11.5 Å². The number of sulfonamides is 1. The molecule has 0 spiro atoms. The van der Waals surface area contributed by atoms with E-state index in [-0.39, 0.29) is 29.4 Å². The number of hydrazone groups is 1. The number of benzene rings is 3. The van der Waals surface area contributed by atoms with E-state index < -0.39 is 26.4 Å². The van der Waals surface area contributed by atoms with E-state index in [1.54, 1.807) is 62.4 Å². The van der Waals surface area contributed by atoms with Crippen molar-refractivity contribution in [2.24, 2.45) is 5.10 Å². The number of carbonyl (C=O) groups excluding carboxylic acids is 1. The quantitative estimate of drug-likeness (QED) is 0.155. The summed E-state index contributed by atoms with van der Waals surface area (Å²) in [4.78, 5) is 24.3. The fourth-order valence-corrected chi connectivity index (χ4v) is 5.10. The Bertz CT molecular complexity index is 1430. The van der Waals surface area contributed by atoms with Gasteiger partial charge in [0.2, 0.25) is 15.8 Å². The first-order valence-electron chi connectivity index (χ1n) is 11.6. The van der Waals surface area contributed by atoms with Crippen LogP contribution in [-0.4, -0.2) is 56.5 Å². The Morgan fingerprint density at radius 1 is 0.921 bits per heavy atom. The molecule has 0 atom stereocenters. The lowest BCUT2D eigenvalue weighted by molar-refractivity contribution is -0.384. The molecule has 0 aliphatic heterocycles. The van der Waals surface area contributed by atoms with Gasteiger partial charge in [-0.3, -0.25) is 20.3 Å². The van der Waals surface area contributed by atoms with Crippen LogP contribution in [0.3, 0.4) is 0 Å².